The lowest BCUT2D eigenvalue weighted by atomic mass is 9.71. The third-order valence-corrected chi connectivity index (χ3v) is 7.96. The minimum atomic E-state index is -2.47. The first-order valence-electron chi connectivity index (χ1n) is 10.3. The number of aliphatic hydroxyl groups is 2. The molecule has 2 heterocycles. The van der Waals surface area contributed by atoms with Gasteiger partial charge in [0.15, 0.2) is 11.2 Å². The molecule has 33 heavy (non-hydrogen) atoms. The van der Waals surface area contributed by atoms with E-state index in [1.807, 2.05) is 42.5 Å². The minimum Gasteiger partial charge on any atom is -0.772 e. The fourth-order valence-electron chi connectivity index (χ4n) is 5.57. The van der Waals surface area contributed by atoms with E-state index in [1.54, 1.807) is 12.1 Å². The van der Waals surface area contributed by atoms with Crippen LogP contribution in [0.4, 0.5) is 0 Å². The molecule has 1 saturated carbocycles. The first-order valence-corrected chi connectivity index (χ1v) is 12.4. The topological polar surface area (TPSA) is 112 Å². The molecule has 0 radical (unpaired) electrons. The number of ether oxygens (including phenoxy) is 2. The van der Waals surface area contributed by atoms with Crippen LogP contribution in [0.2, 0.25) is 0 Å². The number of aromatic nitrogens is 1. The van der Waals surface area contributed by atoms with Crippen LogP contribution in [-0.2, 0) is 22.3 Å². The van der Waals surface area contributed by atoms with Crippen molar-refractivity contribution in [2.45, 2.75) is 23.2 Å². The molecular formula is C24H21BrNO6S-. The zero-order chi connectivity index (χ0) is 23.4. The van der Waals surface area contributed by atoms with E-state index in [4.69, 9.17) is 9.47 Å². The van der Waals surface area contributed by atoms with Gasteiger partial charge in [0.25, 0.3) is 0 Å². The van der Waals surface area contributed by atoms with Crippen molar-refractivity contribution >= 4 is 27.0 Å². The van der Waals surface area contributed by atoms with Crippen LogP contribution in [0.15, 0.2) is 71.5 Å². The van der Waals surface area contributed by atoms with E-state index in [-0.39, 0.29) is 22.8 Å². The van der Waals surface area contributed by atoms with Crippen LogP contribution in [-0.4, -0.2) is 42.9 Å². The molecule has 0 saturated heterocycles. The second-order valence-electron chi connectivity index (χ2n) is 8.29. The van der Waals surface area contributed by atoms with Crippen molar-refractivity contribution in [1.29, 1.82) is 0 Å². The fraction of sp³-hybridized carbons (Fsp3) is 0.292. The minimum absolute atomic E-state index is 0.253. The number of benzene rings is 2. The third kappa shape index (κ3) is 3.10. The van der Waals surface area contributed by atoms with Crippen LogP contribution >= 0.6 is 15.9 Å². The highest BCUT2D eigenvalue weighted by Gasteiger charge is 2.76. The Balaban J connectivity index is 1.86. The van der Waals surface area contributed by atoms with Gasteiger partial charge in [-0.15, -0.1) is 0 Å². The average molecular weight is 531 g/mol. The van der Waals surface area contributed by atoms with Crippen LogP contribution in [0.25, 0.3) is 0 Å². The van der Waals surface area contributed by atoms with Gasteiger partial charge in [-0.3, -0.25) is 9.19 Å². The molecule has 1 fully saturated rings. The lowest BCUT2D eigenvalue weighted by Gasteiger charge is -2.41. The van der Waals surface area contributed by atoms with Gasteiger partial charge in [0.1, 0.15) is 11.5 Å². The number of aliphatic hydroxyl groups excluding tert-OH is 1. The summed E-state index contributed by atoms with van der Waals surface area (Å²) in [5.74, 6) is -1.38. The van der Waals surface area contributed by atoms with Gasteiger partial charge in [0.2, 0.25) is 0 Å². The summed E-state index contributed by atoms with van der Waals surface area (Å²) in [4.78, 5) is 4.17. The summed E-state index contributed by atoms with van der Waals surface area (Å²) >= 11 is 0.973. The van der Waals surface area contributed by atoms with Gasteiger partial charge in [-0.25, -0.2) is 0 Å². The normalized spacial score (nSPS) is 30.9. The number of nitrogens with zero attached hydrogens (tertiary/aromatic N) is 1. The lowest BCUT2D eigenvalue weighted by molar-refractivity contribution is -0.151. The van der Waals surface area contributed by atoms with E-state index in [9.17, 15) is 19.0 Å². The molecule has 0 amide bonds. The Labute approximate surface area is 201 Å². The zero-order valence-electron chi connectivity index (χ0n) is 17.6. The Morgan fingerprint density at radius 1 is 1.18 bits per heavy atom. The summed E-state index contributed by atoms with van der Waals surface area (Å²) in [6.45, 7) is 0. The maximum absolute atomic E-state index is 12.5. The highest BCUT2D eigenvalue weighted by atomic mass is 79.9. The number of methoxy groups -OCH3 is 1. The van der Waals surface area contributed by atoms with Gasteiger partial charge in [0, 0.05) is 22.1 Å². The smallest absolute Gasteiger partial charge is 0.177 e. The Hall–Kier alpha value is -2.30. The third-order valence-electron chi connectivity index (χ3n) is 6.77. The second-order valence-corrected chi connectivity index (χ2v) is 10.1. The Kier molecular flexibility index (Phi) is 5.57. The van der Waals surface area contributed by atoms with E-state index >= 15 is 0 Å². The van der Waals surface area contributed by atoms with E-state index in [0.717, 1.165) is 10.0 Å². The fourth-order valence-corrected chi connectivity index (χ4v) is 6.53. The van der Waals surface area contributed by atoms with Gasteiger partial charge in [-0.2, -0.15) is 0 Å². The SMILES string of the molecule is COc1cncc2c1[C@]1(O)[C@@H](O)[C@H](CS(=O)[O-])[C@@H](c3ccccc3)[C@]1(c1ccc(Br)cc1)O2. The van der Waals surface area contributed by atoms with E-state index in [2.05, 4.69) is 20.9 Å². The van der Waals surface area contributed by atoms with Crippen molar-refractivity contribution in [1.82, 2.24) is 4.98 Å². The van der Waals surface area contributed by atoms with Crippen molar-refractivity contribution in [3.05, 3.63) is 88.2 Å². The van der Waals surface area contributed by atoms with Crippen molar-refractivity contribution in [2.24, 2.45) is 5.92 Å². The maximum Gasteiger partial charge on any atom is 0.177 e. The first-order chi connectivity index (χ1) is 15.8. The number of pyridine rings is 1. The number of rotatable bonds is 5. The second kappa shape index (κ2) is 8.18. The average Bonchev–Trinajstić information content (AvgIpc) is 3.18. The summed E-state index contributed by atoms with van der Waals surface area (Å²) in [6, 6.07) is 16.5. The zero-order valence-corrected chi connectivity index (χ0v) is 20.0. The molecule has 1 unspecified atom stereocenters. The Bertz CT molecular complexity index is 1210. The summed E-state index contributed by atoms with van der Waals surface area (Å²) in [6.07, 6.45) is 1.45. The van der Waals surface area contributed by atoms with Gasteiger partial charge < -0.3 is 24.2 Å². The van der Waals surface area contributed by atoms with Crippen molar-refractivity contribution < 1.29 is 28.4 Å². The molecule has 7 nitrogen and oxygen atoms in total. The quantitative estimate of drug-likeness (QED) is 0.487. The molecule has 6 atom stereocenters. The number of fused-ring (bicyclic) bond motifs is 3. The van der Waals surface area contributed by atoms with Gasteiger partial charge in [0.05, 0.1) is 31.2 Å². The standard InChI is InChI=1S/C24H22BrNO6S/c1-31-18-11-26-12-19-21(18)23(28)22(27)17(13-33(29)30)20(14-5-3-2-4-6-14)24(23,32-19)15-7-9-16(25)10-8-15/h2-12,17,20,22,27-28H,13H2,1H3,(H,29,30)/p-1/t17-,20-,22+,23+,24+/m1/s1. The van der Waals surface area contributed by atoms with Crippen LogP contribution in [0.3, 0.4) is 0 Å². The highest BCUT2D eigenvalue weighted by Crippen LogP contribution is 2.69. The Morgan fingerprint density at radius 2 is 1.88 bits per heavy atom. The number of hydrogen-bond acceptors (Lipinski definition) is 7. The summed E-state index contributed by atoms with van der Waals surface area (Å²) in [5, 5.41) is 24.1. The van der Waals surface area contributed by atoms with Crippen LogP contribution in [0.5, 0.6) is 11.5 Å². The predicted molar refractivity (Wildman–Crippen MR) is 124 cm³/mol. The van der Waals surface area contributed by atoms with Crippen LogP contribution in [0, 0.1) is 5.92 Å². The van der Waals surface area contributed by atoms with Crippen molar-refractivity contribution in [3.63, 3.8) is 0 Å². The molecule has 3 aromatic rings. The first kappa shape index (κ1) is 22.5. The molecule has 1 aliphatic heterocycles. The van der Waals surface area contributed by atoms with Gasteiger partial charge in [-0.05, 0) is 23.3 Å². The summed E-state index contributed by atoms with van der Waals surface area (Å²) in [5.41, 5.74) is -1.94. The molecular weight excluding hydrogens is 510 g/mol. The predicted octanol–water partition coefficient (Wildman–Crippen LogP) is 2.98. The monoisotopic (exact) mass is 530 g/mol. The van der Waals surface area contributed by atoms with E-state index in [0.29, 0.717) is 5.56 Å². The van der Waals surface area contributed by atoms with E-state index in [1.165, 1.54) is 19.5 Å². The molecule has 2 aromatic carbocycles. The van der Waals surface area contributed by atoms with Gasteiger partial charge in [-0.1, -0.05) is 69.5 Å². The highest BCUT2D eigenvalue weighted by molar-refractivity contribution is 9.10. The molecule has 1 aromatic heterocycles. The molecule has 5 rings (SSSR count). The number of hydrogen-bond donors (Lipinski definition) is 2. The van der Waals surface area contributed by atoms with Crippen LogP contribution in [0.1, 0.15) is 22.6 Å². The molecule has 172 valence electrons. The molecule has 0 spiro atoms. The Morgan fingerprint density at radius 3 is 2.52 bits per heavy atom. The van der Waals surface area contributed by atoms with E-state index < -0.39 is 40.2 Å². The van der Waals surface area contributed by atoms with Gasteiger partial charge >= 0.3 is 0 Å². The molecule has 2 N–H and O–H groups in total. The molecule has 2 aliphatic rings. The number of halogens is 1. The largest absolute Gasteiger partial charge is 0.772 e. The van der Waals surface area contributed by atoms with Crippen molar-refractivity contribution in [3.8, 4) is 11.5 Å². The molecule has 0 bridgehead atoms. The molecule has 1 aliphatic carbocycles. The lowest BCUT2D eigenvalue weighted by Crippen LogP contribution is -2.52. The summed E-state index contributed by atoms with van der Waals surface area (Å²) in [7, 11) is 1.44. The van der Waals surface area contributed by atoms with Crippen LogP contribution < -0.4 is 9.47 Å². The maximum atomic E-state index is 12.5. The molecule has 9 heteroatoms. The van der Waals surface area contributed by atoms with Crippen molar-refractivity contribution in [2.75, 3.05) is 12.9 Å². The summed E-state index contributed by atoms with van der Waals surface area (Å²) < 4.78 is 36.7.